The molecule has 0 fully saturated rings. The van der Waals surface area contributed by atoms with E-state index >= 15 is 0 Å². The number of carbonyl (C=O) groups excluding carboxylic acids is 2. The van der Waals surface area contributed by atoms with Crippen LogP contribution in [0.4, 0.5) is 17.1 Å². The van der Waals surface area contributed by atoms with Gasteiger partial charge >= 0.3 is 11.9 Å². The smallest absolute Gasteiger partial charge is 0.335 e. The molecule has 0 aliphatic carbocycles. The van der Waals surface area contributed by atoms with Crippen LogP contribution in [0.5, 0.6) is 11.5 Å². The van der Waals surface area contributed by atoms with Crippen LogP contribution >= 0.6 is 0 Å². The molecular weight excluding hydrogens is 643 g/mol. The maximum absolute atomic E-state index is 12.0. The summed E-state index contributed by atoms with van der Waals surface area (Å²) < 4.78 is 10.8. The van der Waals surface area contributed by atoms with Crippen molar-refractivity contribution in [3.63, 3.8) is 0 Å². The Morgan fingerprint density at radius 1 is 0.538 bits per heavy atom. The first-order chi connectivity index (χ1) is 25.3. The van der Waals surface area contributed by atoms with Crippen LogP contribution in [0, 0.1) is 13.8 Å². The lowest BCUT2D eigenvalue weighted by molar-refractivity contribution is -0.129. The van der Waals surface area contributed by atoms with Crippen LogP contribution in [0.25, 0.3) is 0 Å². The zero-order chi connectivity index (χ0) is 36.5. The van der Waals surface area contributed by atoms with E-state index in [2.05, 4.69) is 117 Å². The van der Waals surface area contributed by atoms with Gasteiger partial charge in [0.15, 0.2) is 0 Å². The molecule has 52 heavy (non-hydrogen) atoms. The van der Waals surface area contributed by atoms with Crippen LogP contribution in [0.2, 0.25) is 0 Å². The molecule has 0 N–H and O–H groups in total. The highest BCUT2D eigenvalue weighted by Gasteiger charge is 2.36. The van der Waals surface area contributed by atoms with Gasteiger partial charge < -0.3 is 14.4 Å². The fourth-order valence-electron chi connectivity index (χ4n) is 6.56. The molecule has 0 heterocycles. The van der Waals surface area contributed by atoms with E-state index < -0.39 is 17.4 Å². The van der Waals surface area contributed by atoms with Gasteiger partial charge in [-0.25, -0.2) is 9.59 Å². The number of hydrogen-bond donors (Lipinski definition) is 0. The minimum absolute atomic E-state index is 0.435. The van der Waals surface area contributed by atoms with E-state index in [1.807, 2.05) is 66.7 Å². The van der Waals surface area contributed by atoms with Crippen molar-refractivity contribution in [2.24, 2.45) is 0 Å². The molecule has 258 valence electrons. The molecule has 0 amide bonds. The molecule has 0 aromatic heterocycles. The van der Waals surface area contributed by atoms with E-state index in [9.17, 15) is 9.59 Å². The highest BCUT2D eigenvalue weighted by atomic mass is 16.5. The third-order valence-corrected chi connectivity index (χ3v) is 9.30. The lowest BCUT2D eigenvalue weighted by Gasteiger charge is -2.36. The van der Waals surface area contributed by atoms with Crippen molar-refractivity contribution in [2.75, 3.05) is 4.90 Å². The number of ether oxygens (including phenoxy) is 2. The first-order valence-corrected chi connectivity index (χ1v) is 17.3. The second-order valence-electron chi connectivity index (χ2n) is 12.7. The lowest BCUT2D eigenvalue weighted by Crippen LogP contribution is -2.30. The Balaban J connectivity index is 1.39. The first kappa shape index (κ1) is 35.4. The van der Waals surface area contributed by atoms with Crippen molar-refractivity contribution in [3.05, 3.63) is 210 Å². The van der Waals surface area contributed by atoms with Gasteiger partial charge in [0, 0.05) is 34.6 Å². The predicted molar refractivity (Wildman–Crippen MR) is 210 cm³/mol. The van der Waals surface area contributed by atoms with Gasteiger partial charge in [0.05, 0.1) is 0 Å². The van der Waals surface area contributed by atoms with E-state index in [1.165, 1.54) is 16.7 Å². The average Bonchev–Trinajstić information content (AvgIpc) is 3.18. The van der Waals surface area contributed by atoms with Crippen molar-refractivity contribution >= 4 is 29.0 Å². The summed E-state index contributed by atoms with van der Waals surface area (Å²) in [7, 11) is 0. The molecule has 0 bridgehead atoms. The summed E-state index contributed by atoms with van der Waals surface area (Å²) in [6.07, 6.45) is 3.77. The third-order valence-electron chi connectivity index (χ3n) is 9.30. The van der Waals surface area contributed by atoms with E-state index in [0.29, 0.717) is 17.9 Å². The number of benzene rings is 6. The van der Waals surface area contributed by atoms with Crippen molar-refractivity contribution in [1.29, 1.82) is 0 Å². The predicted octanol–water partition coefficient (Wildman–Crippen LogP) is 10.9. The van der Waals surface area contributed by atoms with Gasteiger partial charge in [-0.3, -0.25) is 0 Å². The summed E-state index contributed by atoms with van der Waals surface area (Å²) in [4.78, 5) is 26.2. The van der Waals surface area contributed by atoms with Gasteiger partial charge in [-0.1, -0.05) is 115 Å². The number of carbonyl (C=O) groups is 2. The molecular formula is C47H41NO4. The van der Waals surface area contributed by atoms with Crippen LogP contribution in [-0.2, 0) is 21.4 Å². The molecule has 6 aromatic rings. The summed E-state index contributed by atoms with van der Waals surface area (Å²) >= 11 is 0. The Morgan fingerprint density at radius 2 is 0.923 bits per heavy atom. The summed E-state index contributed by atoms with van der Waals surface area (Å²) in [5, 5.41) is 0. The monoisotopic (exact) mass is 683 g/mol. The Kier molecular flexibility index (Phi) is 10.9. The molecule has 0 saturated carbocycles. The maximum Gasteiger partial charge on any atom is 0.335 e. The van der Waals surface area contributed by atoms with Crippen LogP contribution in [0.3, 0.4) is 0 Å². The number of hydrogen-bond acceptors (Lipinski definition) is 5. The number of nitrogens with zero attached hydrogens (tertiary/aromatic N) is 1. The van der Waals surface area contributed by atoms with E-state index in [-0.39, 0.29) is 0 Å². The van der Waals surface area contributed by atoms with E-state index in [1.54, 1.807) is 0 Å². The SMILES string of the molecule is C=CC(=O)Oc1ccc(C(CCc2ccc(N(c3ccc(C)cc3)c3ccc(C)cc3)cc2)(c2ccccc2)c2ccc(OC(=O)C=C)cc2)cc1. The normalized spacial score (nSPS) is 11.0. The molecule has 6 rings (SSSR count). The minimum atomic E-state index is -0.613. The van der Waals surface area contributed by atoms with E-state index in [0.717, 1.165) is 52.3 Å². The summed E-state index contributed by atoms with van der Waals surface area (Å²) in [6.45, 7) is 11.2. The molecule has 0 aliphatic rings. The van der Waals surface area contributed by atoms with Gasteiger partial charge in [-0.05, 0) is 110 Å². The minimum Gasteiger partial charge on any atom is -0.423 e. The summed E-state index contributed by atoms with van der Waals surface area (Å²) in [5.41, 5.74) is 9.40. The van der Waals surface area contributed by atoms with Crippen LogP contribution in [0.1, 0.15) is 39.8 Å². The average molecular weight is 684 g/mol. The summed E-state index contributed by atoms with van der Waals surface area (Å²) in [5.74, 6) is -0.161. The van der Waals surface area contributed by atoms with Gasteiger partial charge in [0.2, 0.25) is 0 Å². The molecule has 0 unspecified atom stereocenters. The quantitative estimate of drug-likeness (QED) is 0.0525. The Labute approximate surface area is 306 Å². The highest BCUT2D eigenvalue weighted by Crippen LogP contribution is 2.44. The Bertz CT molecular complexity index is 2020. The second kappa shape index (κ2) is 16.0. The number of anilines is 3. The van der Waals surface area contributed by atoms with Gasteiger partial charge in [0.25, 0.3) is 0 Å². The molecule has 0 radical (unpaired) electrons. The Morgan fingerprint density at radius 3 is 1.33 bits per heavy atom. The van der Waals surface area contributed by atoms with Gasteiger partial charge in [-0.15, -0.1) is 0 Å². The largest absolute Gasteiger partial charge is 0.423 e. The Hall–Kier alpha value is -6.46. The van der Waals surface area contributed by atoms with E-state index in [4.69, 9.17) is 9.47 Å². The second-order valence-corrected chi connectivity index (χ2v) is 12.7. The zero-order valence-corrected chi connectivity index (χ0v) is 29.5. The first-order valence-electron chi connectivity index (χ1n) is 17.3. The highest BCUT2D eigenvalue weighted by molar-refractivity contribution is 5.84. The van der Waals surface area contributed by atoms with Crippen molar-refractivity contribution in [3.8, 4) is 11.5 Å². The number of esters is 2. The number of rotatable bonds is 13. The van der Waals surface area contributed by atoms with Crippen LogP contribution < -0.4 is 14.4 Å². The molecule has 5 heteroatoms. The third kappa shape index (κ3) is 7.95. The fraction of sp³-hybridized carbons (Fsp3) is 0.106. The standard InChI is InChI=1S/C47H41NO4/c1-5-45(49)51-43-28-18-38(19-29-43)47(37-10-8-7-9-11-37,39-20-30-44(31-21-39)52-46(50)6-2)33-32-36-16-26-42(27-17-36)48(40-22-12-34(3)13-23-40)41-24-14-35(4)15-25-41/h5-31H,1-2,32-33H2,3-4H3. The molecule has 0 saturated heterocycles. The number of aryl methyl sites for hydroxylation is 3. The zero-order valence-electron chi connectivity index (χ0n) is 29.5. The van der Waals surface area contributed by atoms with Crippen LogP contribution in [-0.4, -0.2) is 11.9 Å². The van der Waals surface area contributed by atoms with Gasteiger partial charge in [0.1, 0.15) is 11.5 Å². The van der Waals surface area contributed by atoms with Crippen molar-refractivity contribution in [1.82, 2.24) is 0 Å². The molecule has 0 atom stereocenters. The molecule has 0 spiro atoms. The topological polar surface area (TPSA) is 55.8 Å². The molecule has 6 aromatic carbocycles. The van der Waals surface area contributed by atoms with Crippen molar-refractivity contribution in [2.45, 2.75) is 32.1 Å². The van der Waals surface area contributed by atoms with Crippen LogP contribution in [0.15, 0.2) is 177 Å². The van der Waals surface area contributed by atoms with Crippen molar-refractivity contribution < 1.29 is 19.1 Å². The fourth-order valence-corrected chi connectivity index (χ4v) is 6.56. The molecule has 0 aliphatic heterocycles. The lowest BCUT2D eigenvalue weighted by atomic mass is 9.66. The molecule has 5 nitrogen and oxygen atoms in total. The maximum atomic E-state index is 12.0. The summed E-state index contributed by atoms with van der Waals surface area (Å²) in [6, 6.07) is 51.6. The van der Waals surface area contributed by atoms with Gasteiger partial charge in [-0.2, -0.15) is 0 Å².